The van der Waals surface area contributed by atoms with Crippen LogP contribution in [0.4, 0.5) is 0 Å². The highest BCUT2D eigenvalue weighted by Gasteiger charge is 1.79. The van der Waals surface area contributed by atoms with Crippen LogP contribution >= 0.6 is 0 Å². The average Bonchev–Trinajstić information content (AvgIpc) is 1.69. The smallest absolute Gasteiger partial charge is 0.290 e. The highest BCUT2D eigenvalue weighted by molar-refractivity contribution is 5.32. The normalized spacial score (nSPS) is 10.9. The standard InChI is InChI=1S/C3H10N2.CH2O2/c1-3(5)2-4;2-1-3/h3H,2,4-5H2,1H3;1H,(H,2,3). The maximum atomic E-state index is 8.36. The molecule has 0 bridgehead atoms. The topological polar surface area (TPSA) is 89.3 Å². The van der Waals surface area contributed by atoms with Crippen LogP contribution in [0.1, 0.15) is 6.92 Å². The van der Waals surface area contributed by atoms with Crippen molar-refractivity contribution in [3.63, 3.8) is 0 Å². The van der Waals surface area contributed by atoms with E-state index in [1.807, 2.05) is 6.92 Å². The Labute approximate surface area is 48.5 Å². The summed E-state index contributed by atoms with van der Waals surface area (Å²) in [5.41, 5.74) is 10.2. The van der Waals surface area contributed by atoms with Gasteiger partial charge in [0.25, 0.3) is 6.47 Å². The largest absolute Gasteiger partial charge is 0.483 e. The first-order valence-electron chi connectivity index (χ1n) is 2.22. The van der Waals surface area contributed by atoms with Gasteiger partial charge in [0.1, 0.15) is 0 Å². The Morgan fingerprint density at radius 1 is 1.88 bits per heavy atom. The molecule has 0 heterocycles. The van der Waals surface area contributed by atoms with E-state index in [1.54, 1.807) is 0 Å². The van der Waals surface area contributed by atoms with Gasteiger partial charge < -0.3 is 16.6 Å². The van der Waals surface area contributed by atoms with Crippen LogP contribution in [0.15, 0.2) is 0 Å². The van der Waals surface area contributed by atoms with Crippen LogP contribution in [0, 0.1) is 0 Å². The fourth-order valence-electron chi connectivity index (χ4n) is 0. The Morgan fingerprint density at radius 3 is 2.00 bits per heavy atom. The molecule has 0 aromatic rings. The lowest BCUT2D eigenvalue weighted by atomic mass is 10.4. The van der Waals surface area contributed by atoms with Gasteiger partial charge in [-0.15, -0.1) is 0 Å². The van der Waals surface area contributed by atoms with Crippen molar-refractivity contribution in [3.05, 3.63) is 0 Å². The van der Waals surface area contributed by atoms with Gasteiger partial charge in [0.15, 0.2) is 0 Å². The van der Waals surface area contributed by atoms with Crippen molar-refractivity contribution in [2.24, 2.45) is 11.5 Å². The van der Waals surface area contributed by atoms with E-state index in [-0.39, 0.29) is 12.5 Å². The number of carbonyl (C=O) groups is 1. The number of nitrogens with two attached hydrogens (primary N) is 2. The average molecular weight is 120 g/mol. The Kier molecular flexibility index (Phi) is 12.5. The van der Waals surface area contributed by atoms with E-state index in [0.717, 1.165) is 0 Å². The van der Waals surface area contributed by atoms with E-state index in [0.29, 0.717) is 6.54 Å². The lowest BCUT2D eigenvalue weighted by molar-refractivity contribution is -0.122. The Bertz CT molecular complexity index is 47.3. The molecule has 0 radical (unpaired) electrons. The fraction of sp³-hybridized carbons (Fsp3) is 0.750. The van der Waals surface area contributed by atoms with Crippen LogP contribution in [-0.2, 0) is 4.79 Å². The highest BCUT2D eigenvalue weighted by atomic mass is 16.3. The molecule has 0 saturated heterocycles. The monoisotopic (exact) mass is 120 g/mol. The molecule has 5 N–H and O–H groups in total. The summed E-state index contributed by atoms with van der Waals surface area (Å²) in [5.74, 6) is 0. The molecule has 4 nitrogen and oxygen atoms in total. The fourth-order valence-corrected chi connectivity index (χ4v) is 0. The Hall–Kier alpha value is -0.610. The van der Waals surface area contributed by atoms with Crippen molar-refractivity contribution in [2.45, 2.75) is 13.0 Å². The van der Waals surface area contributed by atoms with Crippen molar-refractivity contribution >= 4 is 6.47 Å². The molecule has 1 unspecified atom stereocenters. The van der Waals surface area contributed by atoms with Crippen LogP contribution in [-0.4, -0.2) is 24.2 Å². The van der Waals surface area contributed by atoms with Crippen LogP contribution in [0.3, 0.4) is 0 Å². The molecular formula is C4H12N2O2. The van der Waals surface area contributed by atoms with Gasteiger partial charge in [-0.2, -0.15) is 0 Å². The summed E-state index contributed by atoms with van der Waals surface area (Å²) in [6, 6.07) is 0.162. The second kappa shape index (κ2) is 9.63. The number of hydrogen-bond acceptors (Lipinski definition) is 3. The minimum Gasteiger partial charge on any atom is -0.483 e. The maximum absolute atomic E-state index is 8.36. The predicted molar refractivity (Wildman–Crippen MR) is 31.4 cm³/mol. The molecular weight excluding hydrogens is 108 g/mol. The van der Waals surface area contributed by atoms with Crippen molar-refractivity contribution in [3.8, 4) is 0 Å². The van der Waals surface area contributed by atoms with Gasteiger partial charge in [0.2, 0.25) is 0 Å². The molecule has 0 fully saturated rings. The van der Waals surface area contributed by atoms with Crippen LogP contribution < -0.4 is 11.5 Å². The molecule has 4 heteroatoms. The molecule has 0 amide bonds. The first-order valence-corrected chi connectivity index (χ1v) is 2.22. The van der Waals surface area contributed by atoms with Crippen LogP contribution in [0.25, 0.3) is 0 Å². The molecule has 0 aliphatic heterocycles. The molecule has 0 aliphatic rings. The number of rotatable bonds is 1. The first-order chi connectivity index (χ1) is 3.68. The lowest BCUT2D eigenvalue weighted by Crippen LogP contribution is -2.25. The van der Waals surface area contributed by atoms with Crippen molar-refractivity contribution < 1.29 is 9.90 Å². The quantitative estimate of drug-likeness (QED) is 0.387. The molecule has 0 rings (SSSR count). The molecule has 0 spiro atoms. The summed E-state index contributed by atoms with van der Waals surface area (Å²) in [6.07, 6.45) is 0. The summed E-state index contributed by atoms with van der Waals surface area (Å²) in [6.45, 7) is 2.21. The van der Waals surface area contributed by atoms with Gasteiger partial charge >= 0.3 is 0 Å². The van der Waals surface area contributed by atoms with E-state index in [4.69, 9.17) is 21.4 Å². The summed E-state index contributed by atoms with van der Waals surface area (Å²) < 4.78 is 0. The van der Waals surface area contributed by atoms with E-state index >= 15 is 0 Å². The maximum Gasteiger partial charge on any atom is 0.290 e. The molecule has 0 aromatic carbocycles. The number of carboxylic acid groups (broad SMARTS) is 1. The molecule has 0 aliphatic carbocycles. The van der Waals surface area contributed by atoms with E-state index in [2.05, 4.69) is 0 Å². The van der Waals surface area contributed by atoms with E-state index in [9.17, 15) is 0 Å². The molecule has 1 atom stereocenters. The SMILES string of the molecule is CC(N)CN.O=CO. The highest BCUT2D eigenvalue weighted by Crippen LogP contribution is 1.59. The molecule has 0 saturated carbocycles. The van der Waals surface area contributed by atoms with Crippen LogP contribution in [0.2, 0.25) is 0 Å². The zero-order valence-corrected chi connectivity index (χ0v) is 4.87. The first kappa shape index (κ1) is 10.4. The molecule has 8 heavy (non-hydrogen) atoms. The summed E-state index contributed by atoms with van der Waals surface area (Å²) in [4.78, 5) is 8.36. The van der Waals surface area contributed by atoms with Crippen molar-refractivity contribution in [1.82, 2.24) is 0 Å². The third-order valence-corrected chi connectivity index (χ3v) is 0.372. The lowest BCUT2D eigenvalue weighted by Gasteiger charge is -1.92. The predicted octanol–water partition coefficient (Wildman–Crippen LogP) is -1.01. The second-order valence-electron chi connectivity index (χ2n) is 1.32. The zero-order valence-electron chi connectivity index (χ0n) is 4.87. The van der Waals surface area contributed by atoms with Gasteiger partial charge in [-0.3, -0.25) is 4.79 Å². The van der Waals surface area contributed by atoms with E-state index in [1.165, 1.54) is 0 Å². The zero-order chi connectivity index (χ0) is 6.99. The van der Waals surface area contributed by atoms with Gasteiger partial charge in [0, 0.05) is 12.6 Å². The Morgan fingerprint density at radius 2 is 2.00 bits per heavy atom. The van der Waals surface area contributed by atoms with Crippen molar-refractivity contribution in [1.29, 1.82) is 0 Å². The second-order valence-corrected chi connectivity index (χ2v) is 1.32. The minimum absolute atomic E-state index is 0.162. The third kappa shape index (κ3) is 53.8. The van der Waals surface area contributed by atoms with Gasteiger partial charge in [-0.1, -0.05) is 0 Å². The van der Waals surface area contributed by atoms with Gasteiger partial charge in [0.05, 0.1) is 0 Å². The minimum atomic E-state index is -0.250. The van der Waals surface area contributed by atoms with Gasteiger partial charge in [-0.25, -0.2) is 0 Å². The third-order valence-electron chi connectivity index (χ3n) is 0.372. The summed E-state index contributed by atoms with van der Waals surface area (Å²) in [7, 11) is 0. The summed E-state index contributed by atoms with van der Waals surface area (Å²) >= 11 is 0. The van der Waals surface area contributed by atoms with Crippen LogP contribution in [0.5, 0.6) is 0 Å². The summed E-state index contributed by atoms with van der Waals surface area (Å²) in [5, 5.41) is 6.89. The van der Waals surface area contributed by atoms with Crippen molar-refractivity contribution in [2.75, 3.05) is 6.54 Å². The van der Waals surface area contributed by atoms with E-state index < -0.39 is 0 Å². The molecule has 50 valence electrons. The molecule has 0 aromatic heterocycles. The van der Waals surface area contributed by atoms with Gasteiger partial charge in [-0.05, 0) is 6.92 Å². The Balaban J connectivity index is 0. The number of hydrogen-bond donors (Lipinski definition) is 3.